The van der Waals surface area contributed by atoms with Gasteiger partial charge in [0.25, 0.3) is 0 Å². The summed E-state index contributed by atoms with van der Waals surface area (Å²) in [5, 5.41) is 3.61. The van der Waals surface area contributed by atoms with Gasteiger partial charge in [-0.15, -0.1) is 0 Å². The second-order valence-electron chi connectivity index (χ2n) is 7.28. The normalized spacial score (nSPS) is 30.5. The van der Waals surface area contributed by atoms with Crippen molar-refractivity contribution in [3.05, 3.63) is 0 Å². The summed E-state index contributed by atoms with van der Waals surface area (Å²) in [6, 6.07) is 0.771. The van der Waals surface area contributed by atoms with Crippen LogP contribution in [-0.4, -0.2) is 54.5 Å². The van der Waals surface area contributed by atoms with Gasteiger partial charge in [-0.1, -0.05) is 0 Å². The maximum Gasteiger partial charge on any atom is 0.410 e. The van der Waals surface area contributed by atoms with Gasteiger partial charge in [-0.05, 0) is 53.4 Å². The highest BCUT2D eigenvalue weighted by atomic mass is 16.6. The van der Waals surface area contributed by atoms with Crippen LogP contribution in [0.3, 0.4) is 0 Å². The van der Waals surface area contributed by atoms with Gasteiger partial charge in [0.05, 0.1) is 6.10 Å². The van der Waals surface area contributed by atoms with Crippen LogP contribution in [-0.2, 0) is 9.47 Å². The first-order chi connectivity index (χ1) is 9.85. The largest absolute Gasteiger partial charge is 0.444 e. The molecule has 5 nitrogen and oxygen atoms in total. The molecule has 1 amide bonds. The molecular weight excluding hydrogens is 268 g/mol. The van der Waals surface area contributed by atoms with E-state index in [0.717, 1.165) is 45.4 Å². The van der Waals surface area contributed by atoms with E-state index in [9.17, 15) is 4.79 Å². The smallest absolute Gasteiger partial charge is 0.410 e. The number of ether oxygens (including phenoxy) is 2. The minimum absolute atomic E-state index is 0.174. The van der Waals surface area contributed by atoms with Crippen molar-refractivity contribution in [3.63, 3.8) is 0 Å². The van der Waals surface area contributed by atoms with Gasteiger partial charge in [0.15, 0.2) is 0 Å². The Bertz CT molecular complexity index is 354. The van der Waals surface area contributed by atoms with Crippen LogP contribution in [0.4, 0.5) is 4.79 Å². The Labute approximate surface area is 128 Å². The summed E-state index contributed by atoms with van der Waals surface area (Å²) >= 11 is 0. The zero-order chi connectivity index (χ0) is 15.5. The number of carbonyl (C=O) groups excluding carboxylic acids is 1. The molecule has 5 heteroatoms. The Hall–Kier alpha value is -0.810. The average Bonchev–Trinajstić information content (AvgIpc) is 2.83. The maximum absolute atomic E-state index is 12.2. The lowest BCUT2D eigenvalue weighted by molar-refractivity contribution is 0.00944. The van der Waals surface area contributed by atoms with Crippen molar-refractivity contribution in [2.75, 3.05) is 19.7 Å². The second-order valence-corrected chi connectivity index (χ2v) is 7.28. The SMILES string of the molecule is CC1CC(NCC2CCCN2C(=O)OC(C)(C)C)CCO1. The molecule has 3 unspecified atom stereocenters. The predicted molar refractivity (Wildman–Crippen MR) is 82.4 cm³/mol. The van der Waals surface area contributed by atoms with Crippen LogP contribution in [0, 0.1) is 0 Å². The Kier molecular flexibility index (Phi) is 5.49. The molecule has 0 saturated carbocycles. The number of carbonyl (C=O) groups is 1. The van der Waals surface area contributed by atoms with Gasteiger partial charge in [0, 0.05) is 31.8 Å². The summed E-state index contributed by atoms with van der Waals surface area (Å²) in [6.07, 6.45) is 4.40. The highest BCUT2D eigenvalue weighted by Gasteiger charge is 2.32. The molecule has 2 aliphatic rings. The highest BCUT2D eigenvalue weighted by molar-refractivity contribution is 5.69. The molecule has 0 aromatic carbocycles. The maximum atomic E-state index is 12.2. The Morgan fingerprint density at radius 1 is 1.38 bits per heavy atom. The van der Waals surface area contributed by atoms with Crippen molar-refractivity contribution in [1.82, 2.24) is 10.2 Å². The topological polar surface area (TPSA) is 50.8 Å². The molecule has 0 aliphatic carbocycles. The van der Waals surface area contributed by atoms with E-state index in [4.69, 9.17) is 9.47 Å². The first-order valence-corrected chi connectivity index (χ1v) is 8.20. The van der Waals surface area contributed by atoms with Gasteiger partial charge in [-0.25, -0.2) is 4.79 Å². The second kappa shape index (κ2) is 6.97. The van der Waals surface area contributed by atoms with E-state index in [1.807, 2.05) is 25.7 Å². The Morgan fingerprint density at radius 3 is 2.81 bits per heavy atom. The van der Waals surface area contributed by atoms with Crippen LogP contribution in [0.1, 0.15) is 53.4 Å². The van der Waals surface area contributed by atoms with E-state index >= 15 is 0 Å². The van der Waals surface area contributed by atoms with E-state index in [0.29, 0.717) is 12.1 Å². The third kappa shape index (κ3) is 5.15. The van der Waals surface area contributed by atoms with Gasteiger partial charge in [-0.2, -0.15) is 0 Å². The molecule has 21 heavy (non-hydrogen) atoms. The van der Waals surface area contributed by atoms with Crippen LogP contribution < -0.4 is 5.32 Å². The average molecular weight is 298 g/mol. The summed E-state index contributed by atoms with van der Waals surface area (Å²) in [4.78, 5) is 14.1. The molecule has 0 bridgehead atoms. The molecule has 122 valence electrons. The van der Waals surface area contributed by atoms with Gasteiger partial charge in [0.2, 0.25) is 0 Å². The molecule has 0 spiro atoms. The van der Waals surface area contributed by atoms with E-state index in [-0.39, 0.29) is 12.1 Å². The lowest BCUT2D eigenvalue weighted by Crippen LogP contribution is -2.47. The summed E-state index contributed by atoms with van der Waals surface area (Å²) in [6.45, 7) is 10.4. The van der Waals surface area contributed by atoms with E-state index in [2.05, 4.69) is 12.2 Å². The molecular formula is C16H30N2O3. The molecule has 0 radical (unpaired) electrons. The van der Waals surface area contributed by atoms with Gasteiger partial charge in [-0.3, -0.25) is 0 Å². The third-order valence-corrected chi connectivity index (χ3v) is 4.13. The fraction of sp³-hybridized carbons (Fsp3) is 0.938. The fourth-order valence-corrected chi connectivity index (χ4v) is 3.09. The Morgan fingerprint density at radius 2 is 2.14 bits per heavy atom. The lowest BCUT2D eigenvalue weighted by atomic mass is 10.0. The summed E-state index contributed by atoms with van der Waals surface area (Å²) in [5.74, 6) is 0. The van der Waals surface area contributed by atoms with Crippen molar-refractivity contribution in [3.8, 4) is 0 Å². The molecule has 0 aromatic rings. The highest BCUT2D eigenvalue weighted by Crippen LogP contribution is 2.21. The first-order valence-electron chi connectivity index (χ1n) is 8.20. The van der Waals surface area contributed by atoms with E-state index < -0.39 is 5.60 Å². The van der Waals surface area contributed by atoms with E-state index in [1.165, 1.54) is 0 Å². The summed E-state index contributed by atoms with van der Waals surface area (Å²) < 4.78 is 11.1. The monoisotopic (exact) mass is 298 g/mol. The zero-order valence-corrected chi connectivity index (χ0v) is 13.9. The van der Waals surface area contributed by atoms with Crippen LogP contribution in [0.2, 0.25) is 0 Å². The number of likely N-dealkylation sites (tertiary alicyclic amines) is 1. The van der Waals surface area contributed by atoms with Crippen LogP contribution in [0.15, 0.2) is 0 Å². The third-order valence-electron chi connectivity index (χ3n) is 4.13. The lowest BCUT2D eigenvalue weighted by Gasteiger charge is -2.32. The number of hydrogen-bond donors (Lipinski definition) is 1. The zero-order valence-electron chi connectivity index (χ0n) is 13.9. The van der Waals surface area contributed by atoms with Crippen molar-refractivity contribution in [2.45, 2.75) is 77.2 Å². The molecule has 2 rings (SSSR count). The summed E-state index contributed by atoms with van der Waals surface area (Å²) in [5.41, 5.74) is -0.423. The molecule has 2 aliphatic heterocycles. The van der Waals surface area contributed by atoms with Crippen LogP contribution in [0.5, 0.6) is 0 Å². The number of rotatable bonds is 3. The van der Waals surface area contributed by atoms with Crippen LogP contribution in [0.25, 0.3) is 0 Å². The molecule has 1 N–H and O–H groups in total. The minimum Gasteiger partial charge on any atom is -0.444 e. The first kappa shape index (κ1) is 16.6. The fourth-order valence-electron chi connectivity index (χ4n) is 3.09. The molecule has 3 atom stereocenters. The molecule has 2 heterocycles. The van der Waals surface area contributed by atoms with Crippen molar-refractivity contribution >= 4 is 6.09 Å². The summed E-state index contributed by atoms with van der Waals surface area (Å²) in [7, 11) is 0. The van der Waals surface area contributed by atoms with Crippen molar-refractivity contribution < 1.29 is 14.3 Å². The number of nitrogens with zero attached hydrogens (tertiary/aromatic N) is 1. The van der Waals surface area contributed by atoms with Crippen molar-refractivity contribution in [2.24, 2.45) is 0 Å². The Balaban J connectivity index is 1.80. The predicted octanol–water partition coefficient (Wildman–Crippen LogP) is 2.54. The molecule has 2 saturated heterocycles. The standard InChI is InChI=1S/C16H30N2O3/c1-12-10-13(7-9-20-12)17-11-14-6-5-8-18(14)15(19)21-16(2,3)4/h12-14,17H,5-11H2,1-4H3. The molecule has 0 aromatic heterocycles. The van der Waals surface area contributed by atoms with Gasteiger partial charge in [0.1, 0.15) is 5.60 Å². The van der Waals surface area contributed by atoms with Crippen molar-refractivity contribution in [1.29, 1.82) is 0 Å². The molecule has 2 fully saturated rings. The van der Waals surface area contributed by atoms with Gasteiger partial charge >= 0.3 is 6.09 Å². The number of amides is 1. The van der Waals surface area contributed by atoms with Crippen LogP contribution >= 0.6 is 0 Å². The van der Waals surface area contributed by atoms with E-state index in [1.54, 1.807) is 0 Å². The number of hydrogen-bond acceptors (Lipinski definition) is 4. The number of nitrogens with one attached hydrogen (secondary N) is 1. The van der Waals surface area contributed by atoms with Gasteiger partial charge < -0.3 is 19.7 Å². The minimum atomic E-state index is -0.423. The quantitative estimate of drug-likeness (QED) is 0.870.